The quantitative estimate of drug-likeness (QED) is 0.835. The summed E-state index contributed by atoms with van der Waals surface area (Å²) in [6.07, 6.45) is -0.0771. The first-order valence-corrected chi connectivity index (χ1v) is 7.00. The van der Waals surface area contributed by atoms with Crippen LogP contribution in [0.1, 0.15) is 30.5 Å². The lowest BCUT2D eigenvalue weighted by atomic mass is 9.62. The summed E-state index contributed by atoms with van der Waals surface area (Å²) in [5.41, 5.74) is 0.943. The highest BCUT2D eigenvalue weighted by atomic mass is 16.3. The molecule has 0 radical (unpaired) electrons. The van der Waals surface area contributed by atoms with Gasteiger partial charge in [0.1, 0.15) is 5.60 Å². The van der Waals surface area contributed by atoms with Gasteiger partial charge in [0.05, 0.1) is 6.10 Å². The Bertz CT molecular complexity index is 618. The molecule has 20 heavy (non-hydrogen) atoms. The van der Waals surface area contributed by atoms with E-state index in [2.05, 4.69) is 0 Å². The van der Waals surface area contributed by atoms with Crippen molar-refractivity contribution >= 4 is 0 Å². The van der Waals surface area contributed by atoms with E-state index in [0.29, 0.717) is 0 Å². The minimum atomic E-state index is -1.35. The molecule has 0 saturated carbocycles. The van der Waals surface area contributed by atoms with Gasteiger partial charge in [0, 0.05) is 0 Å². The van der Waals surface area contributed by atoms with E-state index in [9.17, 15) is 10.2 Å². The van der Waals surface area contributed by atoms with Crippen molar-refractivity contribution in [2.45, 2.75) is 32.0 Å². The Labute approximate surface area is 119 Å². The molecule has 3 rings (SSSR count). The topological polar surface area (TPSA) is 40.5 Å². The Morgan fingerprint density at radius 2 is 1.55 bits per heavy atom. The lowest BCUT2D eigenvalue weighted by molar-refractivity contribution is -0.115. The molecule has 0 spiro atoms. The lowest BCUT2D eigenvalue weighted by Crippen LogP contribution is -2.53. The van der Waals surface area contributed by atoms with Crippen LogP contribution in [0.5, 0.6) is 0 Å². The van der Waals surface area contributed by atoms with E-state index in [1.54, 1.807) is 0 Å². The number of aliphatic hydroxyl groups is 2. The molecule has 1 aliphatic rings. The van der Waals surface area contributed by atoms with E-state index < -0.39 is 11.7 Å². The van der Waals surface area contributed by atoms with Gasteiger partial charge in [0.2, 0.25) is 0 Å². The maximum Gasteiger partial charge on any atom is 0.141 e. The van der Waals surface area contributed by atoms with Gasteiger partial charge < -0.3 is 10.2 Å². The zero-order chi connectivity index (χ0) is 14.4. The van der Waals surface area contributed by atoms with Gasteiger partial charge in [0.25, 0.3) is 0 Å². The van der Waals surface area contributed by atoms with Gasteiger partial charge >= 0.3 is 0 Å². The second-order valence-corrected chi connectivity index (χ2v) is 6.36. The van der Waals surface area contributed by atoms with E-state index in [0.717, 1.165) is 23.1 Å². The molecular weight excluding hydrogens is 248 g/mol. The summed E-state index contributed by atoms with van der Waals surface area (Å²) < 4.78 is 0. The number of fused-ring (bicyclic) bond motifs is 1. The van der Waals surface area contributed by atoms with Gasteiger partial charge in [0.15, 0.2) is 0 Å². The van der Waals surface area contributed by atoms with E-state index >= 15 is 0 Å². The fraction of sp³-hybridized carbons (Fsp3) is 0.333. The van der Waals surface area contributed by atoms with Crippen molar-refractivity contribution in [3.63, 3.8) is 0 Å². The largest absolute Gasteiger partial charge is 0.389 e. The first kappa shape index (κ1) is 13.3. The molecule has 0 unspecified atom stereocenters. The second kappa shape index (κ2) is 4.44. The maximum atomic E-state index is 11.3. The van der Waals surface area contributed by atoms with E-state index in [1.807, 2.05) is 68.4 Å². The van der Waals surface area contributed by atoms with Crippen LogP contribution in [-0.4, -0.2) is 16.3 Å². The Kier molecular flexibility index (Phi) is 2.96. The molecule has 1 aliphatic carbocycles. The summed E-state index contributed by atoms with van der Waals surface area (Å²) in [6.45, 7) is 4.00. The first-order chi connectivity index (χ1) is 9.46. The highest BCUT2D eigenvalue weighted by molar-refractivity contribution is 5.45. The SMILES string of the molecule is CC1(C)Cc2ccccc2[C@@](O)(c2ccccc2)[C@@H]1O. The minimum Gasteiger partial charge on any atom is -0.389 e. The van der Waals surface area contributed by atoms with Crippen LogP contribution in [0.2, 0.25) is 0 Å². The van der Waals surface area contributed by atoms with Crippen molar-refractivity contribution in [1.29, 1.82) is 0 Å². The molecule has 2 atom stereocenters. The zero-order valence-corrected chi connectivity index (χ0v) is 11.9. The molecule has 2 aromatic carbocycles. The number of hydrogen-bond donors (Lipinski definition) is 2. The normalized spacial score (nSPS) is 27.9. The van der Waals surface area contributed by atoms with Crippen molar-refractivity contribution in [3.8, 4) is 0 Å². The molecule has 0 bridgehead atoms. The van der Waals surface area contributed by atoms with Crippen LogP contribution in [0, 0.1) is 5.41 Å². The first-order valence-electron chi connectivity index (χ1n) is 7.00. The van der Waals surface area contributed by atoms with Crippen LogP contribution in [0.15, 0.2) is 54.6 Å². The predicted molar refractivity (Wildman–Crippen MR) is 79.4 cm³/mol. The summed E-state index contributed by atoms with van der Waals surface area (Å²) in [5.74, 6) is 0. The van der Waals surface area contributed by atoms with Crippen LogP contribution in [0.25, 0.3) is 0 Å². The number of hydrogen-bond acceptors (Lipinski definition) is 2. The molecule has 2 aromatic rings. The standard InChI is InChI=1S/C18H20O2/c1-17(2)12-13-8-6-7-11-15(13)18(20,16(17)19)14-9-4-3-5-10-14/h3-11,16,19-20H,12H2,1-2H3/t16-,18+/m1/s1. The Hall–Kier alpha value is -1.64. The molecule has 0 fully saturated rings. The monoisotopic (exact) mass is 268 g/mol. The summed E-state index contributed by atoms with van der Waals surface area (Å²) in [5, 5.41) is 22.2. The fourth-order valence-electron chi connectivity index (χ4n) is 3.35. The summed E-state index contributed by atoms with van der Waals surface area (Å²) in [4.78, 5) is 0. The summed E-state index contributed by atoms with van der Waals surface area (Å²) in [6, 6.07) is 17.3. The predicted octanol–water partition coefficient (Wildman–Crippen LogP) is 2.87. The van der Waals surface area contributed by atoms with E-state index in [-0.39, 0.29) is 5.41 Å². The number of rotatable bonds is 1. The van der Waals surface area contributed by atoms with E-state index in [4.69, 9.17) is 0 Å². The summed E-state index contributed by atoms with van der Waals surface area (Å²) in [7, 11) is 0. The molecule has 0 heterocycles. The smallest absolute Gasteiger partial charge is 0.141 e. The molecule has 2 heteroatoms. The summed E-state index contributed by atoms with van der Waals surface area (Å²) >= 11 is 0. The van der Waals surface area contributed by atoms with Crippen molar-refractivity contribution in [3.05, 3.63) is 71.3 Å². The molecule has 104 valence electrons. The number of benzene rings is 2. The van der Waals surface area contributed by atoms with Crippen molar-refractivity contribution < 1.29 is 10.2 Å². The average molecular weight is 268 g/mol. The molecule has 0 aromatic heterocycles. The van der Waals surface area contributed by atoms with Gasteiger partial charge in [-0.05, 0) is 28.5 Å². The van der Waals surface area contributed by atoms with Crippen molar-refractivity contribution in [1.82, 2.24) is 0 Å². The highest BCUT2D eigenvalue weighted by Crippen LogP contribution is 2.47. The third-order valence-corrected chi connectivity index (χ3v) is 4.42. The van der Waals surface area contributed by atoms with Gasteiger partial charge in [-0.1, -0.05) is 68.4 Å². The van der Waals surface area contributed by atoms with Gasteiger partial charge in [-0.15, -0.1) is 0 Å². The van der Waals surface area contributed by atoms with Crippen molar-refractivity contribution in [2.24, 2.45) is 5.41 Å². The Morgan fingerprint density at radius 3 is 2.25 bits per heavy atom. The van der Waals surface area contributed by atoms with Crippen LogP contribution < -0.4 is 0 Å². The fourth-order valence-corrected chi connectivity index (χ4v) is 3.35. The highest BCUT2D eigenvalue weighted by Gasteiger charge is 2.51. The van der Waals surface area contributed by atoms with Gasteiger partial charge in [-0.3, -0.25) is 0 Å². The number of aliphatic hydroxyl groups excluding tert-OH is 1. The molecule has 2 N–H and O–H groups in total. The second-order valence-electron chi connectivity index (χ2n) is 6.36. The van der Waals surface area contributed by atoms with Crippen LogP contribution in [0.4, 0.5) is 0 Å². The third-order valence-electron chi connectivity index (χ3n) is 4.42. The van der Waals surface area contributed by atoms with Crippen LogP contribution >= 0.6 is 0 Å². The molecular formula is C18H20O2. The lowest BCUT2D eigenvalue weighted by Gasteiger charge is -2.47. The molecule has 0 saturated heterocycles. The average Bonchev–Trinajstić information content (AvgIpc) is 2.46. The van der Waals surface area contributed by atoms with Crippen molar-refractivity contribution in [2.75, 3.05) is 0 Å². The van der Waals surface area contributed by atoms with Crippen LogP contribution in [0.3, 0.4) is 0 Å². The van der Waals surface area contributed by atoms with Gasteiger partial charge in [-0.25, -0.2) is 0 Å². The third kappa shape index (κ3) is 1.80. The molecule has 0 amide bonds. The molecule has 0 aliphatic heterocycles. The molecule has 2 nitrogen and oxygen atoms in total. The zero-order valence-electron chi connectivity index (χ0n) is 11.9. The maximum absolute atomic E-state index is 11.3. The minimum absolute atomic E-state index is 0.376. The Morgan fingerprint density at radius 1 is 0.950 bits per heavy atom. The van der Waals surface area contributed by atoms with E-state index in [1.165, 1.54) is 0 Å². The Balaban J connectivity index is 2.27. The van der Waals surface area contributed by atoms with Crippen LogP contribution in [-0.2, 0) is 12.0 Å². The van der Waals surface area contributed by atoms with Gasteiger partial charge in [-0.2, -0.15) is 0 Å².